The van der Waals surface area contributed by atoms with E-state index in [1.807, 2.05) is 46.8 Å². The predicted molar refractivity (Wildman–Crippen MR) is 92.7 cm³/mol. The summed E-state index contributed by atoms with van der Waals surface area (Å²) in [7, 11) is 1.88. The number of nitrogens with zero attached hydrogens (tertiary/aromatic N) is 6. The van der Waals surface area contributed by atoms with E-state index in [1.165, 1.54) is 0 Å². The first-order valence-electron chi connectivity index (χ1n) is 8.74. The Kier molecular flexibility index (Phi) is 4.47. The van der Waals surface area contributed by atoms with Crippen LogP contribution in [0.3, 0.4) is 0 Å². The molecule has 1 aliphatic heterocycles. The molecule has 4 rings (SSSR count). The molecule has 1 atom stereocenters. The number of hydrogen-bond donors (Lipinski definition) is 0. The molecule has 134 valence electrons. The van der Waals surface area contributed by atoms with Crippen LogP contribution in [-0.2, 0) is 18.3 Å². The first kappa shape index (κ1) is 16.4. The van der Waals surface area contributed by atoms with Crippen molar-refractivity contribution in [2.45, 2.75) is 31.7 Å². The number of aromatic nitrogens is 5. The van der Waals surface area contributed by atoms with Crippen LogP contribution in [-0.4, -0.2) is 42.3 Å². The lowest BCUT2D eigenvalue weighted by Gasteiger charge is -2.21. The van der Waals surface area contributed by atoms with Crippen LogP contribution in [0.5, 0.6) is 0 Å². The Balaban J connectivity index is 1.45. The molecule has 0 unspecified atom stereocenters. The lowest BCUT2D eigenvalue weighted by Crippen LogP contribution is -2.31. The van der Waals surface area contributed by atoms with Crippen molar-refractivity contribution in [2.75, 3.05) is 6.54 Å². The average Bonchev–Trinajstić information content (AvgIpc) is 3.40. The molecule has 0 bridgehead atoms. The van der Waals surface area contributed by atoms with Crippen LogP contribution in [0.15, 0.2) is 41.2 Å². The van der Waals surface area contributed by atoms with Crippen LogP contribution in [0.2, 0.25) is 0 Å². The summed E-state index contributed by atoms with van der Waals surface area (Å²) >= 11 is 0. The summed E-state index contributed by atoms with van der Waals surface area (Å²) in [5, 5.41) is 12.0. The molecule has 0 radical (unpaired) electrons. The fourth-order valence-electron chi connectivity index (χ4n) is 3.29. The lowest BCUT2D eigenvalue weighted by molar-refractivity contribution is -0.132. The number of hydrogen-bond acceptors (Lipinski definition) is 6. The van der Waals surface area contributed by atoms with Crippen molar-refractivity contribution in [3.05, 3.63) is 48.4 Å². The van der Waals surface area contributed by atoms with Gasteiger partial charge in [0.15, 0.2) is 0 Å². The van der Waals surface area contributed by atoms with Gasteiger partial charge in [-0.2, -0.15) is 4.98 Å². The summed E-state index contributed by atoms with van der Waals surface area (Å²) in [6, 6.07) is 9.54. The van der Waals surface area contributed by atoms with Gasteiger partial charge < -0.3 is 14.0 Å². The zero-order valence-electron chi connectivity index (χ0n) is 14.6. The Bertz CT molecular complexity index is 888. The van der Waals surface area contributed by atoms with Crippen molar-refractivity contribution in [3.8, 4) is 11.4 Å². The number of likely N-dealkylation sites (tertiary alicyclic amines) is 1. The molecule has 1 aliphatic rings. The van der Waals surface area contributed by atoms with Gasteiger partial charge in [0.25, 0.3) is 0 Å². The van der Waals surface area contributed by atoms with E-state index in [2.05, 4.69) is 20.3 Å². The Labute approximate surface area is 150 Å². The fourth-order valence-corrected chi connectivity index (χ4v) is 3.29. The van der Waals surface area contributed by atoms with Crippen LogP contribution in [0.4, 0.5) is 0 Å². The second-order valence-electron chi connectivity index (χ2n) is 6.43. The maximum absolute atomic E-state index is 12.7. The molecule has 0 spiro atoms. The third-order valence-electron chi connectivity index (χ3n) is 4.70. The quantitative estimate of drug-likeness (QED) is 0.699. The second-order valence-corrected chi connectivity index (χ2v) is 6.43. The molecule has 3 aromatic rings. The summed E-state index contributed by atoms with van der Waals surface area (Å²) in [6.07, 6.45) is 4.37. The summed E-state index contributed by atoms with van der Waals surface area (Å²) < 4.78 is 7.30. The van der Waals surface area contributed by atoms with Crippen molar-refractivity contribution in [2.24, 2.45) is 7.05 Å². The van der Waals surface area contributed by atoms with Gasteiger partial charge in [-0.25, -0.2) is 0 Å². The van der Waals surface area contributed by atoms with Crippen LogP contribution in [0, 0.1) is 0 Å². The highest BCUT2D eigenvalue weighted by Crippen LogP contribution is 2.32. The highest BCUT2D eigenvalue weighted by Gasteiger charge is 2.33. The standard InChI is InChI=1S/C18H20N6O2/c1-23-12-19-21-15(23)9-10-16(25)24-11-5-8-14(24)18-20-17(22-26-18)13-6-3-2-4-7-13/h2-4,6-7,12,14H,5,8-11H2,1H3/t14-/m1/s1. The van der Waals surface area contributed by atoms with Crippen LogP contribution in [0.25, 0.3) is 11.4 Å². The van der Waals surface area contributed by atoms with Crippen molar-refractivity contribution < 1.29 is 9.32 Å². The molecule has 2 aromatic heterocycles. The van der Waals surface area contributed by atoms with E-state index in [0.717, 1.165) is 24.2 Å². The summed E-state index contributed by atoms with van der Waals surface area (Å²) in [5.74, 6) is 1.94. The fraction of sp³-hybridized carbons (Fsp3) is 0.389. The van der Waals surface area contributed by atoms with Crippen molar-refractivity contribution in [1.82, 2.24) is 29.8 Å². The topological polar surface area (TPSA) is 89.9 Å². The largest absolute Gasteiger partial charge is 0.337 e. The number of rotatable bonds is 5. The van der Waals surface area contributed by atoms with Gasteiger partial charge in [-0.3, -0.25) is 4.79 Å². The van der Waals surface area contributed by atoms with E-state index in [1.54, 1.807) is 6.33 Å². The van der Waals surface area contributed by atoms with E-state index in [4.69, 9.17) is 4.52 Å². The van der Waals surface area contributed by atoms with Gasteiger partial charge in [0.05, 0.1) is 0 Å². The molecule has 0 N–H and O–H groups in total. The zero-order valence-corrected chi connectivity index (χ0v) is 14.6. The number of carbonyl (C=O) groups is 1. The molecular weight excluding hydrogens is 332 g/mol. The smallest absolute Gasteiger partial charge is 0.249 e. The third-order valence-corrected chi connectivity index (χ3v) is 4.70. The highest BCUT2D eigenvalue weighted by atomic mass is 16.5. The number of amides is 1. The minimum absolute atomic E-state index is 0.0787. The third kappa shape index (κ3) is 3.22. The van der Waals surface area contributed by atoms with Crippen LogP contribution in [0.1, 0.15) is 37.0 Å². The van der Waals surface area contributed by atoms with Gasteiger partial charge in [0, 0.05) is 32.0 Å². The minimum atomic E-state index is -0.146. The Hall–Kier alpha value is -3.03. The van der Waals surface area contributed by atoms with Gasteiger partial charge >= 0.3 is 0 Å². The molecule has 3 heterocycles. The summed E-state index contributed by atoms with van der Waals surface area (Å²) in [5.41, 5.74) is 0.903. The van der Waals surface area contributed by atoms with Gasteiger partial charge in [-0.1, -0.05) is 35.5 Å². The van der Waals surface area contributed by atoms with E-state index >= 15 is 0 Å². The zero-order chi connectivity index (χ0) is 17.9. The van der Waals surface area contributed by atoms with E-state index in [0.29, 0.717) is 31.1 Å². The molecule has 1 saturated heterocycles. The van der Waals surface area contributed by atoms with Crippen molar-refractivity contribution >= 4 is 5.91 Å². The normalized spacial score (nSPS) is 17.0. The molecule has 8 nitrogen and oxygen atoms in total. The molecule has 26 heavy (non-hydrogen) atoms. The Morgan fingerprint density at radius 2 is 2.15 bits per heavy atom. The van der Waals surface area contributed by atoms with E-state index in [-0.39, 0.29) is 11.9 Å². The van der Waals surface area contributed by atoms with Gasteiger partial charge in [-0.05, 0) is 12.8 Å². The monoisotopic (exact) mass is 352 g/mol. The van der Waals surface area contributed by atoms with Gasteiger partial charge in [-0.15, -0.1) is 10.2 Å². The molecular formula is C18H20N6O2. The molecule has 0 saturated carbocycles. The summed E-state index contributed by atoms with van der Waals surface area (Å²) in [6.45, 7) is 0.714. The molecule has 1 fully saturated rings. The molecule has 8 heteroatoms. The van der Waals surface area contributed by atoms with Crippen LogP contribution < -0.4 is 0 Å². The Morgan fingerprint density at radius 1 is 1.31 bits per heavy atom. The van der Waals surface area contributed by atoms with Crippen molar-refractivity contribution in [1.29, 1.82) is 0 Å². The van der Waals surface area contributed by atoms with E-state index < -0.39 is 0 Å². The second kappa shape index (κ2) is 7.07. The number of benzene rings is 1. The minimum Gasteiger partial charge on any atom is -0.337 e. The van der Waals surface area contributed by atoms with E-state index in [9.17, 15) is 4.79 Å². The molecule has 1 amide bonds. The predicted octanol–water partition coefficient (Wildman–Crippen LogP) is 2.16. The number of carbonyl (C=O) groups excluding carboxylic acids is 1. The highest BCUT2D eigenvalue weighted by molar-refractivity contribution is 5.77. The Morgan fingerprint density at radius 3 is 2.92 bits per heavy atom. The average molecular weight is 352 g/mol. The molecule has 1 aromatic carbocycles. The molecule has 0 aliphatic carbocycles. The van der Waals surface area contributed by atoms with Crippen molar-refractivity contribution in [3.63, 3.8) is 0 Å². The first-order valence-corrected chi connectivity index (χ1v) is 8.74. The van der Waals surface area contributed by atoms with Gasteiger partial charge in [0.1, 0.15) is 18.2 Å². The SMILES string of the molecule is Cn1cnnc1CCC(=O)N1CCC[C@@H]1c1nc(-c2ccccc2)no1. The van der Waals surface area contributed by atoms with Crippen LogP contribution >= 0.6 is 0 Å². The number of aryl methyl sites for hydroxylation is 2. The maximum atomic E-state index is 12.7. The maximum Gasteiger partial charge on any atom is 0.249 e. The lowest BCUT2D eigenvalue weighted by atomic mass is 10.2. The first-order chi connectivity index (χ1) is 12.7. The summed E-state index contributed by atoms with van der Waals surface area (Å²) in [4.78, 5) is 19.1. The van der Waals surface area contributed by atoms with Gasteiger partial charge in [0.2, 0.25) is 17.6 Å².